The van der Waals surface area contributed by atoms with Crippen LogP contribution in [0, 0.1) is 6.92 Å². The van der Waals surface area contributed by atoms with Gasteiger partial charge in [0.2, 0.25) is 5.91 Å². The molecule has 43 heavy (non-hydrogen) atoms. The number of nitrogens with zero attached hydrogens (tertiary/aromatic N) is 3. The van der Waals surface area contributed by atoms with Crippen LogP contribution < -0.4 is 15.0 Å². The summed E-state index contributed by atoms with van der Waals surface area (Å²) in [6.07, 6.45) is 5.20. The third kappa shape index (κ3) is 6.03. The van der Waals surface area contributed by atoms with Crippen molar-refractivity contribution in [2.45, 2.75) is 51.1 Å². The Kier molecular flexibility index (Phi) is 8.49. The number of carbonyl (C=O) groups is 2. The molecule has 5 aromatic rings. The smallest absolute Gasteiger partial charge is 0.269 e. The van der Waals surface area contributed by atoms with E-state index in [2.05, 4.69) is 5.32 Å². The average Bonchev–Trinajstić information content (AvgIpc) is 3.61. The number of rotatable bonds is 8. The fourth-order valence-electron chi connectivity index (χ4n) is 5.73. The van der Waals surface area contributed by atoms with E-state index in [1.165, 1.54) is 17.8 Å². The van der Waals surface area contributed by atoms with Crippen molar-refractivity contribution in [3.63, 3.8) is 0 Å². The van der Waals surface area contributed by atoms with Crippen molar-refractivity contribution in [2.75, 3.05) is 12.0 Å². The van der Waals surface area contributed by atoms with Crippen molar-refractivity contribution in [1.82, 2.24) is 15.1 Å². The Morgan fingerprint density at radius 1 is 1.00 bits per heavy atom. The van der Waals surface area contributed by atoms with E-state index in [-0.39, 0.29) is 17.9 Å². The lowest BCUT2D eigenvalue weighted by Crippen LogP contribution is -2.47. The van der Waals surface area contributed by atoms with Gasteiger partial charge in [0.15, 0.2) is 0 Å². The highest BCUT2D eigenvalue weighted by Crippen LogP contribution is 2.36. The Balaban J connectivity index is 1.46. The number of anilines is 1. The van der Waals surface area contributed by atoms with Crippen LogP contribution in [0.25, 0.3) is 15.9 Å². The molecule has 7 nitrogen and oxygen atoms in total. The van der Waals surface area contributed by atoms with Crippen LogP contribution in [0.15, 0.2) is 84.9 Å². The summed E-state index contributed by atoms with van der Waals surface area (Å²) < 4.78 is 7.26. The molecule has 9 heteroatoms. The number of aromatic nitrogens is 2. The maximum atomic E-state index is 14.7. The molecule has 0 spiro atoms. The number of carbonyl (C=O) groups excluding carboxylic acids is 2. The first-order chi connectivity index (χ1) is 20.9. The Morgan fingerprint density at radius 3 is 2.37 bits per heavy atom. The van der Waals surface area contributed by atoms with Gasteiger partial charge in [0.25, 0.3) is 5.91 Å². The van der Waals surface area contributed by atoms with Gasteiger partial charge in [-0.05, 0) is 79.9 Å². The minimum absolute atomic E-state index is 0.0769. The molecule has 1 fully saturated rings. The summed E-state index contributed by atoms with van der Waals surface area (Å²) in [5.74, 6) is 0.181. The predicted molar refractivity (Wildman–Crippen MR) is 173 cm³/mol. The monoisotopic (exact) mass is 612 g/mol. The molecule has 1 atom stereocenters. The fourth-order valence-corrected chi connectivity index (χ4v) is 6.98. The van der Waals surface area contributed by atoms with Crippen molar-refractivity contribution >= 4 is 50.7 Å². The van der Waals surface area contributed by atoms with Crippen LogP contribution in [0.4, 0.5) is 5.69 Å². The summed E-state index contributed by atoms with van der Waals surface area (Å²) in [6.45, 7) is 1.94. The molecule has 2 aromatic heterocycles. The second-order valence-corrected chi connectivity index (χ2v) is 12.3. The molecule has 2 amide bonds. The number of hydrogen-bond donors (Lipinski definition) is 1. The Labute approximate surface area is 260 Å². The van der Waals surface area contributed by atoms with Crippen molar-refractivity contribution < 1.29 is 14.3 Å². The first kappa shape index (κ1) is 29.0. The van der Waals surface area contributed by atoms with Crippen LogP contribution in [0.2, 0.25) is 5.02 Å². The number of amides is 2. The van der Waals surface area contributed by atoms with Gasteiger partial charge in [-0.15, -0.1) is 11.3 Å². The molecule has 2 heterocycles. The molecule has 1 saturated carbocycles. The number of benzene rings is 3. The van der Waals surface area contributed by atoms with E-state index in [1.807, 2.05) is 72.3 Å². The minimum Gasteiger partial charge on any atom is -0.497 e. The second kappa shape index (κ2) is 12.6. The molecule has 1 aliphatic rings. The lowest BCUT2D eigenvalue weighted by Gasteiger charge is -2.33. The molecule has 220 valence electrons. The van der Waals surface area contributed by atoms with E-state index in [4.69, 9.17) is 21.4 Å². The fraction of sp³-hybridized carbons (Fsp3) is 0.265. The topological polar surface area (TPSA) is 76.5 Å². The number of ether oxygens (including phenoxy) is 1. The maximum absolute atomic E-state index is 14.7. The zero-order valence-electron chi connectivity index (χ0n) is 24.1. The summed E-state index contributed by atoms with van der Waals surface area (Å²) >= 11 is 7.63. The highest BCUT2D eigenvalue weighted by molar-refractivity contribution is 7.20. The molecule has 1 N–H and O–H groups in total. The summed E-state index contributed by atoms with van der Waals surface area (Å²) in [5.41, 5.74) is 3.01. The van der Waals surface area contributed by atoms with Gasteiger partial charge in [-0.1, -0.05) is 61.2 Å². The average molecular weight is 613 g/mol. The number of fused-ring (bicyclic) bond motifs is 1. The second-order valence-electron chi connectivity index (χ2n) is 10.8. The van der Waals surface area contributed by atoms with Gasteiger partial charge in [0.05, 0.1) is 23.4 Å². The largest absolute Gasteiger partial charge is 0.497 e. The molecule has 1 aliphatic carbocycles. The van der Waals surface area contributed by atoms with E-state index in [0.29, 0.717) is 26.9 Å². The predicted octanol–water partition coefficient (Wildman–Crippen LogP) is 7.89. The molecule has 0 bridgehead atoms. The van der Waals surface area contributed by atoms with Crippen LogP contribution in [-0.4, -0.2) is 34.7 Å². The standard InChI is InChI=1S/C34H33ClN4O3S/c1-22-29-21-30(43-34(29)39(37-22)27-11-7-4-8-12-27)33(41)38(26-17-15-24(35)16-18-26)31(23-13-19-28(42-2)20-14-23)32(40)36-25-9-5-3-6-10-25/h4,7-8,11-21,25,31H,3,5-6,9-10H2,1-2H3,(H,36,40)/t31-/m0/s1. The number of nitrogens with one attached hydrogen (secondary N) is 1. The third-order valence-corrected chi connectivity index (χ3v) is 9.32. The molecule has 6 rings (SSSR count). The van der Waals surface area contributed by atoms with E-state index >= 15 is 0 Å². The number of aryl methyl sites for hydroxylation is 1. The number of para-hydroxylation sites is 1. The lowest BCUT2D eigenvalue weighted by molar-refractivity contribution is -0.123. The first-order valence-corrected chi connectivity index (χ1v) is 15.7. The van der Waals surface area contributed by atoms with Crippen molar-refractivity contribution in [1.29, 1.82) is 0 Å². The van der Waals surface area contributed by atoms with E-state index in [0.717, 1.165) is 47.3 Å². The van der Waals surface area contributed by atoms with Crippen LogP contribution >= 0.6 is 22.9 Å². The summed E-state index contributed by atoms with van der Waals surface area (Å²) in [7, 11) is 1.60. The number of thiophene rings is 1. The minimum atomic E-state index is -0.918. The van der Waals surface area contributed by atoms with Crippen LogP contribution in [0.3, 0.4) is 0 Å². The Morgan fingerprint density at radius 2 is 1.70 bits per heavy atom. The molecular formula is C34H33ClN4O3S. The normalized spacial score (nSPS) is 14.4. The van der Waals surface area contributed by atoms with Crippen molar-refractivity contribution in [3.8, 4) is 11.4 Å². The molecule has 0 unspecified atom stereocenters. The van der Waals surface area contributed by atoms with Crippen LogP contribution in [-0.2, 0) is 4.79 Å². The van der Waals surface area contributed by atoms with Crippen LogP contribution in [0.1, 0.15) is 59.1 Å². The van der Waals surface area contributed by atoms with Gasteiger partial charge in [-0.3, -0.25) is 14.5 Å². The highest BCUT2D eigenvalue weighted by Gasteiger charge is 2.36. The number of methoxy groups -OCH3 is 1. The zero-order valence-corrected chi connectivity index (χ0v) is 25.7. The summed E-state index contributed by atoms with van der Waals surface area (Å²) in [5, 5.41) is 9.46. The molecule has 3 aromatic carbocycles. The van der Waals surface area contributed by atoms with Gasteiger partial charge in [-0.2, -0.15) is 5.10 Å². The van der Waals surface area contributed by atoms with E-state index < -0.39 is 6.04 Å². The van der Waals surface area contributed by atoms with Gasteiger partial charge in [0, 0.05) is 22.1 Å². The summed E-state index contributed by atoms with van der Waals surface area (Å²) in [4.78, 5) is 31.9. The zero-order chi connectivity index (χ0) is 29.9. The molecule has 0 aliphatic heterocycles. The Bertz CT molecular complexity index is 1730. The Hall–Kier alpha value is -4.14. The van der Waals surface area contributed by atoms with E-state index in [1.54, 1.807) is 36.3 Å². The van der Waals surface area contributed by atoms with Crippen LogP contribution in [0.5, 0.6) is 5.75 Å². The lowest BCUT2D eigenvalue weighted by atomic mass is 9.94. The van der Waals surface area contributed by atoms with Gasteiger partial charge < -0.3 is 10.1 Å². The van der Waals surface area contributed by atoms with Crippen molar-refractivity contribution in [3.05, 3.63) is 106 Å². The SMILES string of the molecule is COc1ccc([C@@H](C(=O)NC2CCCCC2)N(C(=O)c2cc3c(C)nn(-c4ccccc4)c3s2)c2ccc(Cl)cc2)cc1. The quantitative estimate of drug-likeness (QED) is 0.193. The maximum Gasteiger partial charge on any atom is 0.269 e. The number of hydrogen-bond acceptors (Lipinski definition) is 5. The summed E-state index contributed by atoms with van der Waals surface area (Å²) in [6, 6.07) is 25.3. The highest BCUT2D eigenvalue weighted by atomic mass is 35.5. The molecule has 0 radical (unpaired) electrons. The van der Waals surface area contributed by atoms with Gasteiger partial charge >= 0.3 is 0 Å². The van der Waals surface area contributed by atoms with Crippen molar-refractivity contribution in [2.24, 2.45) is 0 Å². The van der Waals surface area contributed by atoms with Gasteiger partial charge in [0.1, 0.15) is 16.6 Å². The van der Waals surface area contributed by atoms with E-state index in [9.17, 15) is 9.59 Å². The first-order valence-electron chi connectivity index (χ1n) is 14.5. The third-order valence-electron chi connectivity index (χ3n) is 7.97. The molecule has 0 saturated heterocycles. The molecular weight excluding hydrogens is 580 g/mol. The van der Waals surface area contributed by atoms with Gasteiger partial charge in [-0.25, -0.2) is 4.68 Å². The number of halogens is 1.